The quantitative estimate of drug-likeness (QED) is 0.823. The van der Waals surface area contributed by atoms with E-state index in [0.717, 1.165) is 4.90 Å². The second-order valence-corrected chi connectivity index (χ2v) is 8.43. The zero-order valence-corrected chi connectivity index (χ0v) is 14.7. The molecule has 0 aliphatic rings. The van der Waals surface area contributed by atoms with Gasteiger partial charge in [-0.15, -0.1) is 0 Å². The highest BCUT2D eigenvalue weighted by atomic mass is 35.5. The van der Waals surface area contributed by atoms with E-state index < -0.39 is 11.2 Å². The first-order chi connectivity index (χ1) is 10.3. The molecule has 22 heavy (non-hydrogen) atoms. The van der Waals surface area contributed by atoms with E-state index in [-0.39, 0.29) is 10.8 Å². The molecule has 0 saturated heterocycles. The molecule has 0 spiro atoms. The summed E-state index contributed by atoms with van der Waals surface area (Å²) in [5.41, 5.74) is -0.0165. The summed E-state index contributed by atoms with van der Waals surface area (Å²) >= 11 is 4.79. The molecule has 0 bridgehead atoms. The normalized spacial score (nSPS) is 14.8. The largest absolute Gasteiger partial charge is 0.611 e. The van der Waals surface area contributed by atoms with Crippen molar-refractivity contribution in [2.75, 3.05) is 6.54 Å². The molecule has 2 unspecified atom stereocenters. The van der Waals surface area contributed by atoms with Gasteiger partial charge >= 0.3 is 0 Å². The molecule has 0 aliphatic carbocycles. The van der Waals surface area contributed by atoms with Crippen LogP contribution in [0.15, 0.2) is 47.9 Å². The number of aromatic nitrogens is 2. The molecule has 4 nitrogen and oxygen atoms in total. The molecule has 0 saturated carbocycles. The Hall–Kier alpha value is -1.01. The van der Waals surface area contributed by atoms with Crippen LogP contribution in [0.1, 0.15) is 20.8 Å². The Morgan fingerprint density at radius 2 is 2.00 bits per heavy atom. The zero-order valence-electron chi connectivity index (χ0n) is 13.1. The van der Waals surface area contributed by atoms with Gasteiger partial charge in [0.25, 0.3) is 0 Å². The second kappa shape index (κ2) is 7.51. The number of benzene rings is 1. The Morgan fingerprint density at radius 1 is 1.32 bits per heavy atom. The average Bonchev–Trinajstić information content (AvgIpc) is 2.95. The van der Waals surface area contributed by atoms with Crippen molar-refractivity contribution in [2.45, 2.75) is 43.0 Å². The predicted octanol–water partition coefficient (Wildman–Crippen LogP) is 3.10. The molecule has 1 aromatic heterocycles. The first-order valence-electron chi connectivity index (χ1n) is 7.22. The summed E-state index contributed by atoms with van der Waals surface area (Å²) in [6.45, 7) is 7.63. The minimum Gasteiger partial charge on any atom is -0.611 e. The van der Waals surface area contributed by atoms with Gasteiger partial charge in [-0.2, -0.15) is 0 Å². The van der Waals surface area contributed by atoms with Gasteiger partial charge in [0, 0.05) is 29.5 Å². The molecular weight excluding hydrogens is 318 g/mol. The first kappa shape index (κ1) is 17.3. The fraction of sp³-hybridized carbons (Fsp3) is 0.438. The van der Waals surface area contributed by atoms with Gasteiger partial charge in [-0.25, -0.2) is 4.98 Å². The molecule has 1 N–H and O–H groups in total. The van der Waals surface area contributed by atoms with Crippen molar-refractivity contribution >= 4 is 22.8 Å². The van der Waals surface area contributed by atoms with Gasteiger partial charge in [0.15, 0.2) is 10.1 Å². The van der Waals surface area contributed by atoms with E-state index in [1.54, 1.807) is 24.7 Å². The maximum absolute atomic E-state index is 12.9. The lowest BCUT2D eigenvalue weighted by Crippen LogP contribution is -2.44. The minimum absolute atomic E-state index is 0.0165. The Morgan fingerprint density at radius 3 is 2.55 bits per heavy atom. The molecule has 0 radical (unpaired) electrons. The van der Waals surface area contributed by atoms with Gasteiger partial charge in [0.05, 0.1) is 12.9 Å². The van der Waals surface area contributed by atoms with E-state index in [2.05, 4.69) is 31.1 Å². The van der Waals surface area contributed by atoms with Crippen molar-refractivity contribution in [1.82, 2.24) is 14.9 Å². The summed E-state index contributed by atoms with van der Waals surface area (Å²) in [5, 5.41) is 4.05. The summed E-state index contributed by atoms with van der Waals surface area (Å²) in [6.07, 6.45) is 5.38. The number of nitrogens with one attached hydrogen (secondary N) is 1. The van der Waals surface area contributed by atoms with Crippen molar-refractivity contribution in [1.29, 1.82) is 0 Å². The maximum atomic E-state index is 12.9. The highest BCUT2D eigenvalue weighted by Gasteiger charge is 2.27. The minimum atomic E-state index is -1.12. The van der Waals surface area contributed by atoms with Crippen LogP contribution in [0, 0.1) is 0 Å². The molecule has 0 amide bonds. The molecule has 2 rings (SSSR count). The zero-order chi connectivity index (χ0) is 16.2. The van der Waals surface area contributed by atoms with Crippen LogP contribution in [-0.2, 0) is 17.7 Å². The molecule has 120 valence electrons. The third-order valence-corrected chi connectivity index (χ3v) is 5.09. The van der Waals surface area contributed by atoms with Gasteiger partial charge in [-0.3, -0.25) is 0 Å². The standard InChI is InChI=1S/C16H22ClN3OS/c1-16(2,3)19-10-15(11-20-9-8-18-12-20)22(21)14-6-4-13(17)5-7-14/h4-9,12,15,19H,10-11H2,1-3H3. The van der Waals surface area contributed by atoms with Crippen LogP contribution in [0.2, 0.25) is 5.02 Å². The van der Waals surface area contributed by atoms with Crippen molar-refractivity contribution in [2.24, 2.45) is 0 Å². The number of nitrogens with zero attached hydrogens (tertiary/aromatic N) is 2. The van der Waals surface area contributed by atoms with Crippen LogP contribution in [0.4, 0.5) is 0 Å². The Kier molecular flexibility index (Phi) is 5.92. The maximum Gasteiger partial charge on any atom is 0.153 e. The predicted molar refractivity (Wildman–Crippen MR) is 91.6 cm³/mol. The topological polar surface area (TPSA) is 52.9 Å². The summed E-state index contributed by atoms with van der Waals surface area (Å²) in [5.74, 6) is 0. The molecule has 0 aliphatic heterocycles. The Balaban J connectivity index is 2.12. The first-order valence-corrected chi connectivity index (χ1v) is 8.81. The molecular formula is C16H22ClN3OS. The smallest absolute Gasteiger partial charge is 0.153 e. The van der Waals surface area contributed by atoms with Gasteiger partial charge < -0.3 is 14.4 Å². The molecule has 6 heteroatoms. The van der Waals surface area contributed by atoms with Crippen LogP contribution in [-0.4, -0.2) is 31.4 Å². The summed E-state index contributed by atoms with van der Waals surface area (Å²) in [7, 11) is 0. The molecule has 1 aromatic carbocycles. The Bertz CT molecular complexity index is 566. The van der Waals surface area contributed by atoms with Gasteiger partial charge in [0.2, 0.25) is 0 Å². The number of imidazole rings is 1. The van der Waals surface area contributed by atoms with Crippen molar-refractivity contribution in [3.8, 4) is 0 Å². The summed E-state index contributed by atoms with van der Waals surface area (Å²) < 4.78 is 14.9. The lowest BCUT2D eigenvalue weighted by atomic mass is 10.1. The molecule has 1 heterocycles. The fourth-order valence-electron chi connectivity index (χ4n) is 2.02. The third-order valence-electron chi connectivity index (χ3n) is 3.18. The lowest BCUT2D eigenvalue weighted by Gasteiger charge is -2.27. The fourth-order valence-corrected chi connectivity index (χ4v) is 3.48. The Labute approximate surface area is 140 Å². The molecule has 2 aromatic rings. The van der Waals surface area contributed by atoms with Crippen LogP contribution in [0.3, 0.4) is 0 Å². The van der Waals surface area contributed by atoms with Crippen molar-refractivity contribution < 1.29 is 4.55 Å². The van der Waals surface area contributed by atoms with Crippen LogP contribution in [0.5, 0.6) is 0 Å². The van der Waals surface area contributed by atoms with Gasteiger partial charge in [-0.05, 0) is 56.2 Å². The van der Waals surface area contributed by atoms with E-state index in [1.165, 1.54) is 0 Å². The monoisotopic (exact) mass is 339 g/mol. The lowest BCUT2D eigenvalue weighted by molar-refractivity contribution is 0.411. The van der Waals surface area contributed by atoms with Gasteiger partial charge in [-0.1, -0.05) is 11.6 Å². The van der Waals surface area contributed by atoms with E-state index in [0.29, 0.717) is 18.1 Å². The van der Waals surface area contributed by atoms with E-state index in [1.807, 2.05) is 22.9 Å². The molecule has 2 atom stereocenters. The summed E-state index contributed by atoms with van der Waals surface area (Å²) in [6, 6.07) is 7.22. The highest BCUT2D eigenvalue weighted by Crippen LogP contribution is 2.20. The van der Waals surface area contributed by atoms with Crippen LogP contribution in [0.25, 0.3) is 0 Å². The van der Waals surface area contributed by atoms with Crippen molar-refractivity contribution in [3.05, 3.63) is 48.0 Å². The number of rotatable bonds is 6. The highest BCUT2D eigenvalue weighted by molar-refractivity contribution is 7.92. The number of hydrogen-bond donors (Lipinski definition) is 1. The van der Waals surface area contributed by atoms with Gasteiger partial charge in [0.1, 0.15) is 0 Å². The molecule has 0 fully saturated rings. The SMILES string of the molecule is CC(C)(C)NCC(Cn1ccnc1)[S+]([O-])c1ccc(Cl)cc1. The summed E-state index contributed by atoms with van der Waals surface area (Å²) in [4.78, 5) is 4.85. The van der Waals surface area contributed by atoms with E-state index in [9.17, 15) is 4.55 Å². The average molecular weight is 340 g/mol. The third kappa shape index (κ3) is 5.32. The van der Waals surface area contributed by atoms with Crippen LogP contribution >= 0.6 is 11.6 Å². The van der Waals surface area contributed by atoms with Crippen molar-refractivity contribution in [3.63, 3.8) is 0 Å². The van der Waals surface area contributed by atoms with E-state index >= 15 is 0 Å². The number of hydrogen-bond acceptors (Lipinski definition) is 3. The number of halogens is 1. The van der Waals surface area contributed by atoms with E-state index in [4.69, 9.17) is 11.6 Å². The van der Waals surface area contributed by atoms with Crippen LogP contribution < -0.4 is 5.32 Å². The second-order valence-electron chi connectivity index (χ2n) is 6.26.